The van der Waals surface area contributed by atoms with Gasteiger partial charge in [0.25, 0.3) is 0 Å². The van der Waals surface area contributed by atoms with Crippen molar-refractivity contribution in [3.63, 3.8) is 0 Å². The minimum atomic E-state index is -0.379. The van der Waals surface area contributed by atoms with Crippen molar-refractivity contribution in [3.8, 4) is 0 Å². The predicted molar refractivity (Wildman–Crippen MR) is 75.6 cm³/mol. The van der Waals surface area contributed by atoms with E-state index < -0.39 is 0 Å². The van der Waals surface area contributed by atoms with Crippen LogP contribution >= 0.6 is 0 Å². The number of aliphatic hydroxyl groups excluding tert-OH is 1. The van der Waals surface area contributed by atoms with Crippen LogP contribution in [0.15, 0.2) is 0 Å². The Kier molecular flexibility index (Phi) is 7.20. The molecule has 18 heavy (non-hydrogen) atoms. The van der Waals surface area contributed by atoms with Crippen LogP contribution < -0.4 is 5.32 Å². The van der Waals surface area contributed by atoms with E-state index in [1.54, 1.807) is 0 Å². The molecule has 1 rings (SSSR count). The zero-order chi connectivity index (χ0) is 13.5. The van der Waals surface area contributed by atoms with Crippen LogP contribution in [-0.2, 0) is 4.74 Å². The summed E-state index contributed by atoms with van der Waals surface area (Å²) in [6.07, 6.45) is 3.47. The topological polar surface area (TPSA) is 41.5 Å². The van der Waals surface area contributed by atoms with Crippen LogP contribution in [0, 0.1) is 17.8 Å². The van der Waals surface area contributed by atoms with Gasteiger partial charge in [-0.3, -0.25) is 0 Å². The molecule has 1 aliphatic carbocycles. The summed E-state index contributed by atoms with van der Waals surface area (Å²) in [6, 6.07) is 0.570. The van der Waals surface area contributed by atoms with Crippen molar-refractivity contribution in [1.82, 2.24) is 5.32 Å². The van der Waals surface area contributed by atoms with Gasteiger partial charge in [0, 0.05) is 19.2 Å². The molecule has 4 atom stereocenters. The van der Waals surface area contributed by atoms with Crippen molar-refractivity contribution in [1.29, 1.82) is 0 Å². The molecule has 0 saturated heterocycles. The van der Waals surface area contributed by atoms with Crippen molar-refractivity contribution < 1.29 is 9.84 Å². The van der Waals surface area contributed by atoms with Crippen LogP contribution in [0.25, 0.3) is 0 Å². The molecule has 0 aromatic carbocycles. The number of hydrogen-bond acceptors (Lipinski definition) is 3. The summed E-state index contributed by atoms with van der Waals surface area (Å²) in [5.74, 6) is 2.11. The highest BCUT2D eigenvalue weighted by Gasteiger charge is 2.25. The lowest BCUT2D eigenvalue weighted by atomic mass is 9.80. The smallest absolute Gasteiger partial charge is 0.0897 e. The monoisotopic (exact) mass is 257 g/mol. The molecule has 0 spiro atoms. The van der Waals surface area contributed by atoms with Gasteiger partial charge in [-0.25, -0.2) is 0 Å². The van der Waals surface area contributed by atoms with Gasteiger partial charge in [-0.2, -0.15) is 0 Å². The highest BCUT2D eigenvalue weighted by atomic mass is 16.5. The van der Waals surface area contributed by atoms with Gasteiger partial charge in [0.2, 0.25) is 0 Å². The minimum absolute atomic E-state index is 0.379. The zero-order valence-corrected chi connectivity index (χ0v) is 12.5. The number of hydrogen-bond donors (Lipinski definition) is 2. The Morgan fingerprint density at radius 3 is 2.56 bits per heavy atom. The van der Waals surface area contributed by atoms with E-state index in [4.69, 9.17) is 4.74 Å². The third kappa shape index (κ3) is 6.17. The van der Waals surface area contributed by atoms with Crippen LogP contribution in [0.1, 0.15) is 47.0 Å². The Balaban J connectivity index is 2.12. The average Bonchev–Trinajstić information content (AvgIpc) is 2.27. The summed E-state index contributed by atoms with van der Waals surface area (Å²) >= 11 is 0. The number of rotatable bonds is 7. The molecule has 0 amide bonds. The van der Waals surface area contributed by atoms with Crippen LogP contribution in [0.2, 0.25) is 0 Å². The Labute approximate surface area is 112 Å². The van der Waals surface area contributed by atoms with E-state index in [-0.39, 0.29) is 6.10 Å². The molecule has 0 aliphatic heterocycles. The second-order valence-electron chi connectivity index (χ2n) is 6.50. The SMILES string of the molecule is CC(C)COCC(O)CNC1CCC(C)CC1C. The fourth-order valence-electron chi connectivity index (χ4n) is 2.75. The first-order chi connectivity index (χ1) is 8.49. The summed E-state index contributed by atoms with van der Waals surface area (Å²) in [7, 11) is 0. The molecule has 0 radical (unpaired) electrons. The van der Waals surface area contributed by atoms with Gasteiger partial charge >= 0.3 is 0 Å². The number of nitrogens with one attached hydrogen (secondary N) is 1. The average molecular weight is 257 g/mol. The van der Waals surface area contributed by atoms with Crippen molar-refractivity contribution >= 4 is 0 Å². The van der Waals surface area contributed by atoms with E-state index in [1.807, 2.05) is 0 Å². The Morgan fingerprint density at radius 2 is 1.94 bits per heavy atom. The van der Waals surface area contributed by atoms with E-state index in [2.05, 4.69) is 33.0 Å². The van der Waals surface area contributed by atoms with E-state index in [9.17, 15) is 5.11 Å². The van der Waals surface area contributed by atoms with Gasteiger partial charge < -0.3 is 15.2 Å². The Morgan fingerprint density at radius 1 is 1.22 bits per heavy atom. The number of aliphatic hydroxyl groups is 1. The fourth-order valence-corrected chi connectivity index (χ4v) is 2.75. The first kappa shape index (κ1) is 15.9. The lowest BCUT2D eigenvalue weighted by Gasteiger charge is -2.33. The quantitative estimate of drug-likeness (QED) is 0.736. The van der Waals surface area contributed by atoms with Gasteiger partial charge in [-0.05, 0) is 37.0 Å². The van der Waals surface area contributed by atoms with Crippen LogP contribution in [0.4, 0.5) is 0 Å². The third-order valence-corrected chi connectivity index (χ3v) is 3.81. The molecular weight excluding hydrogens is 226 g/mol. The second-order valence-corrected chi connectivity index (χ2v) is 6.50. The first-order valence-electron chi connectivity index (χ1n) is 7.48. The maximum Gasteiger partial charge on any atom is 0.0897 e. The van der Waals surface area contributed by atoms with E-state index >= 15 is 0 Å². The molecule has 1 fully saturated rings. The first-order valence-corrected chi connectivity index (χ1v) is 7.48. The largest absolute Gasteiger partial charge is 0.389 e. The van der Waals surface area contributed by atoms with Gasteiger partial charge in [0.15, 0.2) is 0 Å². The van der Waals surface area contributed by atoms with Crippen molar-refractivity contribution in [2.75, 3.05) is 19.8 Å². The maximum atomic E-state index is 9.84. The molecule has 1 saturated carbocycles. The highest BCUT2D eigenvalue weighted by Crippen LogP contribution is 2.28. The lowest BCUT2D eigenvalue weighted by molar-refractivity contribution is 0.0230. The summed E-state index contributed by atoms with van der Waals surface area (Å²) in [4.78, 5) is 0. The van der Waals surface area contributed by atoms with Gasteiger partial charge in [0.05, 0.1) is 12.7 Å². The fraction of sp³-hybridized carbons (Fsp3) is 1.00. The molecule has 0 aromatic heterocycles. The minimum Gasteiger partial charge on any atom is -0.389 e. The predicted octanol–water partition coefficient (Wildman–Crippen LogP) is 2.43. The highest BCUT2D eigenvalue weighted by molar-refractivity contribution is 4.81. The standard InChI is InChI=1S/C15H31NO2/c1-11(2)9-18-10-14(17)8-16-15-6-5-12(3)7-13(15)4/h11-17H,5-10H2,1-4H3. The molecule has 0 aromatic rings. The van der Waals surface area contributed by atoms with Gasteiger partial charge in [-0.1, -0.05) is 27.7 Å². The summed E-state index contributed by atoms with van der Waals surface area (Å²) in [5, 5.41) is 13.3. The maximum absolute atomic E-state index is 9.84. The van der Waals surface area contributed by atoms with Crippen LogP contribution in [0.5, 0.6) is 0 Å². The molecule has 0 heterocycles. The van der Waals surface area contributed by atoms with Crippen LogP contribution in [0.3, 0.4) is 0 Å². The van der Waals surface area contributed by atoms with Gasteiger partial charge in [-0.15, -0.1) is 0 Å². The number of ether oxygens (including phenoxy) is 1. The third-order valence-electron chi connectivity index (χ3n) is 3.81. The summed E-state index contributed by atoms with van der Waals surface area (Å²) in [6.45, 7) is 10.7. The Bertz CT molecular complexity index is 221. The molecule has 1 aliphatic rings. The lowest BCUT2D eigenvalue weighted by Crippen LogP contribution is -2.43. The molecule has 3 heteroatoms. The van der Waals surface area contributed by atoms with Crippen molar-refractivity contribution in [2.45, 2.75) is 59.1 Å². The Hall–Kier alpha value is -0.120. The van der Waals surface area contributed by atoms with Gasteiger partial charge in [0.1, 0.15) is 0 Å². The van der Waals surface area contributed by atoms with E-state index in [0.29, 0.717) is 25.1 Å². The van der Waals surface area contributed by atoms with Crippen LogP contribution in [-0.4, -0.2) is 37.0 Å². The van der Waals surface area contributed by atoms with Crippen molar-refractivity contribution in [2.24, 2.45) is 17.8 Å². The molecule has 108 valence electrons. The molecule has 3 nitrogen and oxygen atoms in total. The molecular formula is C15H31NO2. The molecule has 4 unspecified atom stereocenters. The second kappa shape index (κ2) is 8.13. The summed E-state index contributed by atoms with van der Waals surface area (Å²) < 4.78 is 5.45. The normalized spacial score (nSPS) is 30.7. The van der Waals surface area contributed by atoms with E-state index in [1.165, 1.54) is 19.3 Å². The van der Waals surface area contributed by atoms with E-state index in [0.717, 1.165) is 18.4 Å². The molecule has 2 N–H and O–H groups in total. The summed E-state index contributed by atoms with van der Waals surface area (Å²) in [5.41, 5.74) is 0. The van der Waals surface area contributed by atoms with Crippen molar-refractivity contribution in [3.05, 3.63) is 0 Å². The molecule has 0 bridgehead atoms. The zero-order valence-electron chi connectivity index (χ0n) is 12.5.